The lowest BCUT2D eigenvalue weighted by Gasteiger charge is -2.45. The number of nitrogens with zero attached hydrogens (tertiary/aromatic N) is 2. The van der Waals surface area contributed by atoms with Gasteiger partial charge < -0.3 is 14.5 Å². The number of hydrogen-bond acceptors (Lipinski definition) is 4. The van der Waals surface area contributed by atoms with Gasteiger partial charge in [0.25, 0.3) is 0 Å². The minimum absolute atomic E-state index is 0.0464. The van der Waals surface area contributed by atoms with E-state index in [0.717, 1.165) is 12.5 Å². The van der Waals surface area contributed by atoms with Crippen LogP contribution in [0.15, 0.2) is 18.2 Å². The molecule has 3 aliphatic rings. The van der Waals surface area contributed by atoms with Gasteiger partial charge in [-0.15, -0.1) is 11.8 Å². The molecule has 0 N–H and O–H groups in total. The number of halogens is 4. The lowest BCUT2D eigenvalue weighted by Crippen LogP contribution is -2.59. The summed E-state index contributed by atoms with van der Waals surface area (Å²) in [7, 11) is 0. The first-order chi connectivity index (χ1) is 14.2. The molecule has 5 nitrogen and oxygen atoms in total. The van der Waals surface area contributed by atoms with Gasteiger partial charge in [0.15, 0.2) is 5.78 Å². The molecule has 0 saturated carbocycles. The Morgan fingerprint density at radius 2 is 1.97 bits per heavy atom. The van der Waals surface area contributed by atoms with E-state index in [1.165, 1.54) is 17.8 Å². The van der Waals surface area contributed by atoms with Crippen molar-refractivity contribution in [2.75, 3.05) is 32.8 Å². The third-order valence-electron chi connectivity index (χ3n) is 5.86. The summed E-state index contributed by atoms with van der Waals surface area (Å²) in [6.07, 6.45) is -3.34. The lowest BCUT2D eigenvalue weighted by atomic mass is 9.88. The molecule has 0 aromatic heterocycles. The number of fused-ring (bicyclic) bond motifs is 1. The highest BCUT2D eigenvalue weighted by molar-refractivity contribution is 7.99. The summed E-state index contributed by atoms with van der Waals surface area (Å²) in [5.41, 5.74) is -0.773. The minimum atomic E-state index is -4.56. The average Bonchev–Trinajstić information content (AvgIpc) is 2.66. The molecule has 3 heterocycles. The van der Waals surface area contributed by atoms with Crippen LogP contribution in [0.25, 0.3) is 0 Å². The quantitative estimate of drug-likeness (QED) is 0.667. The monoisotopic (exact) mass is 446 g/mol. The van der Waals surface area contributed by atoms with E-state index < -0.39 is 17.6 Å². The standard InChI is InChI=1S/C20H22F4N2O3S/c21-17-6-14(20(22,23)24)2-1-12(17)11-30-16-8-26(9-16)19(28)25-4-3-18-13(7-25)5-15(27)10-29-18/h1-2,6,13,16,18H,3-5,7-11H2/t13-,18+/m1/s1. The number of alkyl halides is 3. The van der Waals surface area contributed by atoms with Gasteiger partial charge in [0.2, 0.25) is 0 Å². The molecule has 2 amide bonds. The zero-order valence-corrected chi connectivity index (χ0v) is 17.0. The van der Waals surface area contributed by atoms with Crippen molar-refractivity contribution in [2.45, 2.75) is 36.1 Å². The van der Waals surface area contributed by atoms with Crippen molar-refractivity contribution in [3.05, 3.63) is 35.1 Å². The van der Waals surface area contributed by atoms with Crippen LogP contribution < -0.4 is 0 Å². The lowest BCUT2D eigenvalue weighted by molar-refractivity contribution is -0.140. The number of amides is 2. The maximum Gasteiger partial charge on any atom is 0.416 e. The maximum absolute atomic E-state index is 13.9. The Balaban J connectivity index is 1.23. The molecule has 0 radical (unpaired) electrons. The highest BCUT2D eigenvalue weighted by Gasteiger charge is 2.40. The van der Waals surface area contributed by atoms with Crippen LogP contribution in [-0.2, 0) is 21.5 Å². The molecule has 4 rings (SSSR count). The van der Waals surface area contributed by atoms with Gasteiger partial charge >= 0.3 is 12.2 Å². The molecule has 0 aliphatic carbocycles. The first-order valence-electron chi connectivity index (χ1n) is 9.85. The fourth-order valence-electron chi connectivity index (χ4n) is 4.10. The van der Waals surface area contributed by atoms with E-state index in [1.54, 1.807) is 9.80 Å². The molecule has 164 valence electrons. The zero-order valence-electron chi connectivity index (χ0n) is 16.2. The van der Waals surface area contributed by atoms with Crippen LogP contribution in [0.2, 0.25) is 0 Å². The average molecular weight is 446 g/mol. The van der Waals surface area contributed by atoms with Gasteiger partial charge in [-0.1, -0.05) is 6.07 Å². The van der Waals surface area contributed by atoms with Crippen molar-refractivity contribution < 1.29 is 31.9 Å². The molecular weight excluding hydrogens is 424 g/mol. The molecule has 30 heavy (non-hydrogen) atoms. The number of ether oxygens (including phenoxy) is 1. The number of hydrogen-bond donors (Lipinski definition) is 0. The first-order valence-corrected chi connectivity index (χ1v) is 10.9. The normalized spacial score (nSPS) is 25.1. The minimum Gasteiger partial charge on any atom is -0.370 e. The molecule has 1 aromatic rings. The van der Waals surface area contributed by atoms with Crippen molar-refractivity contribution in [2.24, 2.45) is 5.92 Å². The molecule has 1 aromatic carbocycles. The third kappa shape index (κ3) is 4.59. The number of ketones is 1. The SMILES string of the molecule is O=C1CO[C@H]2CCN(C(=O)N3CC(SCc4ccc(C(F)(F)F)cc4F)C3)C[C@H]2C1. The van der Waals surface area contributed by atoms with Crippen LogP contribution in [0.4, 0.5) is 22.4 Å². The van der Waals surface area contributed by atoms with E-state index in [2.05, 4.69) is 0 Å². The summed E-state index contributed by atoms with van der Waals surface area (Å²) in [5, 5.41) is 0.118. The molecule has 2 atom stereocenters. The van der Waals surface area contributed by atoms with Crippen LogP contribution in [0.3, 0.4) is 0 Å². The molecule has 0 bridgehead atoms. The number of rotatable bonds is 3. The van der Waals surface area contributed by atoms with Crippen molar-refractivity contribution in [1.82, 2.24) is 9.80 Å². The zero-order chi connectivity index (χ0) is 21.5. The first kappa shape index (κ1) is 21.4. The molecule has 0 unspecified atom stereocenters. The molecule has 10 heteroatoms. The predicted molar refractivity (Wildman–Crippen MR) is 102 cm³/mol. The fourth-order valence-corrected chi connectivity index (χ4v) is 5.32. The van der Waals surface area contributed by atoms with Crippen LogP contribution in [0.5, 0.6) is 0 Å². The van der Waals surface area contributed by atoms with E-state index in [1.807, 2.05) is 0 Å². The van der Waals surface area contributed by atoms with Gasteiger partial charge in [-0.2, -0.15) is 13.2 Å². The van der Waals surface area contributed by atoms with Gasteiger partial charge in [-0.3, -0.25) is 4.79 Å². The van der Waals surface area contributed by atoms with Crippen LogP contribution in [0, 0.1) is 11.7 Å². The summed E-state index contributed by atoms with van der Waals surface area (Å²) < 4.78 is 57.4. The summed E-state index contributed by atoms with van der Waals surface area (Å²) in [4.78, 5) is 27.8. The maximum atomic E-state index is 13.9. The largest absolute Gasteiger partial charge is 0.416 e. The summed E-state index contributed by atoms with van der Waals surface area (Å²) in [6.45, 7) is 2.32. The van der Waals surface area contributed by atoms with E-state index in [0.29, 0.717) is 38.7 Å². The topological polar surface area (TPSA) is 49.9 Å². The number of likely N-dealkylation sites (tertiary alicyclic amines) is 2. The third-order valence-corrected chi connectivity index (χ3v) is 7.10. The summed E-state index contributed by atoms with van der Waals surface area (Å²) >= 11 is 1.43. The molecule has 3 saturated heterocycles. The number of carbonyl (C=O) groups is 2. The van der Waals surface area contributed by atoms with E-state index >= 15 is 0 Å². The number of thioether (sulfide) groups is 1. The summed E-state index contributed by atoms with van der Waals surface area (Å²) in [6, 6.07) is 2.52. The Kier molecular flexibility index (Phi) is 5.98. The molecular formula is C20H22F4N2O3S. The second-order valence-electron chi connectivity index (χ2n) is 8.01. The molecule has 3 fully saturated rings. The Labute approximate surface area is 175 Å². The Morgan fingerprint density at radius 3 is 2.67 bits per heavy atom. The Morgan fingerprint density at radius 1 is 1.20 bits per heavy atom. The summed E-state index contributed by atoms with van der Waals surface area (Å²) in [5.74, 6) is -0.486. The van der Waals surface area contributed by atoms with Gasteiger partial charge in [0, 0.05) is 49.5 Å². The number of urea groups is 1. The molecule has 3 aliphatic heterocycles. The van der Waals surface area contributed by atoms with Gasteiger partial charge in [0.1, 0.15) is 12.4 Å². The second kappa shape index (κ2) is 8.37. The van der Waals surface area contributed by atoms with Gasteiger partial charge in [-0.05, 0) is 24.1 Å². The van der Waals surface area contributed by atoms with Gasteiger partial charge in [-0.25, -0.2) is 9.18 Å². The van der Waals surface area contributed by atoms with Crippen LogP contribution in [0.1, 0.15) is 24.0 Å². The highest BCUT2D eigenvalue weighted by atomic mass is 32.2. The van der Waals surface area contributed by atoms with Crippen molar-refractivity contribution in [3.63, 3.8) is 0 Å². The number of piperidine rings is 1. The smallest absolute Gasteiger partial charge is 0.370 e. The number of benzene rings is 1. The fraction of sp³-hybridized carbons (Fsp3) is 0.600. The van der Waals surface area contributed by atoms with Crippen LogP contribution >= 0.6 is 11.8 Å². The van der Waals surface area contributed by atoms with Crippen molar-refractivity contribution >= 4 is 23.6 Å². The van der Waals surface area contributed by atoms with Crippen molar-refractivity contribution in [3.8, 4) is 0 Å². The predicted octanol–water partition coefficient (Wildman–Crippen LogP) is 3.56. The van der Waals surface area contributed by atoms with E-state index in [4.69, 9.17) is 4.74 Å². The van der Waals surface area contributed by atoms with E-state index in [-0.39, 0.29) is 47.0 Å². The number of carbonyl (C=O) groups excluding carboxylic acids is 2. The highest BCUT2D eigenvalue weighted by Crippen LogP contribution is 2.33. The number of Topliss-reactive ketones (excluding diaryl/α,β-unsaturated/α-hetero) is 1. The second-order valence-corrected chi connectivity index (χ2v) is 9.30. The van der Waals surface area contributed by atoms with Crippen molar-refractivity contribution in [1.29, 1.82) is 0 Å². The van der Waals surface area contributed by atoms with Gasteiger partial charge in [0.05, 0.1) is 11.7 Å². The Bertz CT molecular complexity index is 829. The molecule has 0 spiro atoms. The van der Waals surface area contributed by atoms with E-state index in [9.17, 15) is 27.2 Å². The Hall–Kier alpha value is -1.81. The van der Waals surface area contributed by atoms with Crippen LogP contribution in [-0.4, -0.2) is 65.8 Å².